The monoisotopic (exact) mass is 277 g/mol. The highest BCUT2D eigenvalue weighted by atomic mass is 16.5. The average molecular weight is 277 g/mol. The second-order valence-corrected chi connectivity index (χ2v) is 4.72. The minimum Gasteiger partial charge on any atom is -0.370 e. The molecule has 1 fully saturated rings. The molecule has 0 spiro atoms. The Kier molecular flexibility index (Phi) is 5.09. The lowest BCUT2D eigenvalue weighted by atomic mass is 10.2. The number of nitrogens with one attached hydrogen (secondary N) is 2. The topological polar surface area (TPSA) is 93.4 Å². The van der Waals surface area contributed by atoms with Crippen molar-refractivity contribution in [3.8, 4) is 0 Å². The zero-order valence-corrected chi connectivity index (χ0v) is 11.2. The summed E-state index contributed by atoms with van der Waals surface area (Å²) in [6.07, 6.45) is 2.08. The number of amides is 2. The number of ether oxygens (including phenoxy) is 1. The van der Waals surface area contributed by atoms with Crippen LogP contribution in [0.15, 0.2) is 24.3 Å². The van der Waals surface area contributed by atoms with E-state index in [1.165, 1.54) is 0 Å². The van der Waals surface area contributed by atoms with Crippen LogP contribution in [0.4, 0.5) is 5.69 Å². The summed E-state index contributed by atoms with van der Waals surface area (Å²) in [4.78, 5) is 23.5. The zero-order chi connectivity index (χ0) is 14.4. The van der Waals surface area contributed by atoms with Gasteiger partial charge >= 0.3 is 0 Å². The molecule has 20 heavy (non-hydrogen) atoms. The van der Waals surface area contributed by atoms with Crippen molar-refractivity contribution >= 4 is 17.5 Å². The molecule has 6 nitrogen and oxygen atoms in total. The summed E-state index contributed by atoms with van der Waals surface area (Å²) in [5.41, 5.74) is 6.38. The Balaban J connectivity index is 1.88. The molecular weight excluding hydrogens is 258 g/mol. The van der Waals surface area contributed by atoms with E-state index >= 15 is 0 Å². The lowest BCUT2D eigenvalue weighted by molar-refractivity contribution is -0.120. The summed E-state index contributed by atoms with van der Waals surface area (Å²) in [5.74, 6) is -0.374. The van der Waals surface area contributed by atoms with E-state index < -0.39 is 0 Å². The van der Waals surface area contributed by atoms with Crippen LogP contribution in [0, 0.1) is 0 Å². The minimum absolute atomic E-state index is 0.0459. The Bertz CT molecular complexity index is 486. The summed E-state index contributed by atoms with van der Waals surface area (Å²) in [6, 6.07) is 7.15. The van der Waals surface area contributed by atoms with Crippen LogP contribution < -0.4 is 16.4 Å². The van der Waals surface area contributed by atoms with Crippen molar-refractivity contribution in [1.82, 2.24) is 5.32 Å². The second kappa shape index (κ2) is 7.02. The number of hydrogen-bond acceptors (Lipinski definition) is 4. The van der Waals surface area contributed by atoms with Gasteiger partial charge in [0.2, 0.25) is 5.91 Å². The summed E-state index contributed by atoms with van der Waals surface area (Å²) in [5, 5.41) is 5.58. The summed E-state index contributed by atoms with van der Waals surface area (Å²) >= 11 is 0. The van der Waals surface area contributed by atoms with Crippen molar-refractivity contribution in [3.63, 3.8) is 0 Å². The first-order valence-corrected chi connectivity index (χ1v) is 6.67. The van der Waals surface area contributed by atoms with Crippen LogP contribution in [0.2, 0.25) is 0 Å². The lowest BCUT2D eigenvalue weighted by Crippen LogP contribution is -2.25. The fourth-order valence-corrected chi connectivity index (χ4v) is 1.68. The van der Waals surface area contributed by atoms with E-state index in [9.17, 15) is 9.59 Å². The highest BCUT2D eigenvalue weighted by Crippen LogP contribution is 2.20. The predicted octanol–water partition coefficient (Wildman–Crippen LogP) is 0.493. The largest absolute Gasteiger partial charge is 0.370 e. The van der Waals surface area contributed by atoms with Crippen LogP contribution in [-0.4, -0.2) is 37.6 Å². The molecule has 0 aromatic heterocycles. The minimum atomic E-state index is -0.266. The molecule has 0 bridgehead atoms. The zero-order valence-electron chi connectivity index (χ0n) is 11.2. The third kappa shape index (κ3) is 4.64. The van der Waals surface area contributed by atoms with Gasteiger partial charge < -0.3 is 21.1 Å². The van der Waals surface area contributed by atoms with Crippen LogP contribution >= 0.6 is 0 Å². The molecular formula is C14H19N3O3. The molecule has 0 aliphatic heterocycles. The van der Waals surface area contributed by atoms with Gasteiger partial charge in [-0.15, -0.1) is 0 Å². The van der Waals surface area contributed by atoms with Gasteiger partial charge in [0, 0.05) is 23.8 Å². The van der Waals surface area contributed by atoms with E-state index in [-0.39, 0.29) is 18.4 Å². The van der Waals surface area contributed by atoms with E-state index in [2.05, 4.69) is 10.6 Å². The second-order valence-electron chi connectivity index (χ2n) is 4.72. The molecule has 6 heteroatoms. The highest BCUT2D eigenvalue weighted by Gasteiger charge is 2.23. The first-order valence-electron chi connectivity index (χ1n) is 6.67. The van der Waals surface area contributed by atoms with Crippen LogP contribution in [0.1, 0.15) is 23.2 Å². The summed E-state index contributed by atoms with van der Waals surface area (Å²) in [6.45, 7) is 0.678. The van der Waals surface area contributed by atoms with E-state index in [0.717, 1.165) is 12.8 Å². The van der Waals surface area contributed by atoms with Gasteiger partial charge in [0.05, 0.1) is 6.61 Å². The van der Waals surface area contributed by atoms with Crippen molar-refractivity contribution in [3.05, 3.63) is 29.8 Å². The molecule has 0 atom stereocenters. The molecule has 0 heterocycles. The fraction of sp³-hybridized carbons (Fsp3) is 0.429. The number of benzene rings is 1. The van der Waals surface area contributed by atoms with Crippen LogP contribution in [0.3, 0.4) is 0 Å². The van der Waals surface area contributed by atoms with Crippen LogP contribution in [-0.2, 0) is 9.53 Å². The van der Waals surface area contributed by atoms with Gasteiger partial charge in [0.15, 0.2) is 0 Å². The fourth-order valence-electron chi connectivity index (χ4n) is 1.68. The number of nitrogens with two attached hydrogens (primary N) is 1. The van der Waals surface area contributed by atoms with Crippen molar-refractivity contribution in [2.24, 2.45) is 5.73 Å². The van der Waals surface area contributed by atoms with Gasteiger partial charge in [-0.25, -0.2) is 0 Å². The molecule has 1 saturated carbocycles. The van der Waals surface area contributed by atoms with Gasteiger partial charge in [-0.2, -0.15) is 0 Å². The first kappa shape index (κ1) is 14.5. The predicted molar refractivity (Wildman–Crippen MR) is 75.4 cm³/mol. The molecule has 2 amide bonds. The molecule has 1 aromatic carbocycles. The standard InChI is InChI=1S/C14H19N3O3/c15-6-7-20-9-13(18)16-12-3-1-2-10(8-12)14(19)17-11-4-5-11/h1-3,8,11H,4-7,9,15H2,(H,16,18)(H,17,19). The van der Waals surface area contributed by atoms with E-state index in [4.69, 9.17) is 10.5 Å². The highest BCUT2D eigenvalue weighted by molar-refractivity contribution is 5.97. The molecule has 2 rings (SSSR count). The SMILES string of the molecule is NCCOCC(=O)Nc1cccc(C(=O)NC2CC2)c1. The molecule has 1 aliphatic rings. The Morgan fingerprint density at radius 3 is 2.85 bits per heavy atom. The van der Waals surface area contributed by atoms with Gasteiger partial charge in [-0.05, 0) is 31.0 Å². The Hall–Kier alpha value is -1.92. The van der Waals surface area contributed by atoms with E-state index in [1.54, 1.807) is 24.3 Å². The third-order valence-electron chi connectivity index (χ3n) is 2.82. The number of hydrogen-bond donors (Lipinski definition) is 3. The maximum absolute atomic E-state index is 11.9. The number of carbonyl (C=O) groups is 2. The van der Waals surface area contributed by atoms with Crippen molar-refractivity contribution < 1.29 is 14.3 Å². The Morgan fingerprint density at radius 1 is 1.35 bits per heavy atom. The van der Waals surface area contributed by atoms with Crippen molar-refractivity contribution in [2.75, 3.05) is 25.1 Å². The number of carbonyl (C=O) groups excluding carboxylic acids is 2. The van der Waals surface area contributed by atoms with Crippen LogP contribution in [0.25, 0.3) is 0 Å². The molecule has 108 valence electrons. The maximum Gasteiger partial charge on any atom is 0.251 e. The van der Waals surface area contributed by atoms with Gasteiger partial charge in [-0.3, -0.25) is 9.59 Å². The molecule has 0 unspecified atom stereocenters. The average Bonchev–Trinajstić information content (AvgIpc) is 3.23. The number of rotatable bonds is 7. The van der Waals surface area contributed by atoms with Crippen molar-refractivity contribution in [2.45, 2.75) is 18.9 Å². The lowest BCUT2D eigenvalue weighted by Gasteiger charge is -2.08. The van der Waals surface area contributed by atoms with Crippen LogP contribution in [0.5, 0.6) is 0 Å². The smallest absolute Gasteiger partial charge is 0.251 e. The van der Waals surface area contributed by atoms with Crippen molar-refractivity contribution in [1.29, 1.82) is 0 Å². The van der Waals surface area contributed by atoms with Gasteiger partial charge in [0.25, 0.3) is 5.91 Å². The third-order valence-corrected chi connectivity index (χ3v) is 2.82. The molecule has 1 aliphatic carbocycles. The summed E-state index contributed by atoms with van der Waals surface area (Å²) < 4.78 is 5.04. The Labute approximate surface area is 117 Å². The maximum atomic E-state index is 11.9. The Morgan fingerprint density at radius 2 is 2.15 bits per heavy atom. The quantitative estimate of drug-likeness (QED) is 0.632. The van der Waals surface area contributed by atoms with E-state index in [0.29, 0.717) is 30.4 Å². The number of anilines is 1. The first-order chi connectivity index (χ1) is 9.69. The van der Waals surface area contributed by atoms with E-state index in [1.807, 2.05) is 0 Å². The van der Waals surface area contributed by atoms with Gasteiger partial charge in [-0.1, -0.05) is 6.07 Å². The molecule has 0 radical (unpaired) electrons. The molecule has 1 aromatic rings. The summed E-state index contributed by atoms with van der Waals surface area (Å²) in [7, 11) is 0. The molecule has 4 N–H and O–H groups in total. The normalized spacial score (nSPS) is 13.8. The van der Waals surface area contributed by atoms with Gasteiger partial charge in [0.1, 0.15) is 6.61 Å². The molecule has 0 saturated heterocycles.